The van der Waals surface area contributed by atoms with Crippen molar-refractivity contribution in [1.82, 2.24) is 0 Å². The summed E-state index contributed by atoms with van der Waals surface area (Å²) in [7, 11) is 0. The van der Waals surface area contributed by atoms with Gasteiger partial charge in [0, 0.05) is 19.5 Å². The van der Waals surface area contributed by atoms with E-state index >= 15 is 0 Å². The molecule has 0 spiro atoms. The number of rotatable bonds is 4. The average molecular weight is 246 g/mol. The van der Waals surface area contributed by atoms with E-state index in [-0.39, 0.29) is 19.5 Å². The SMILES string of the molecule is O=C(O)CC(O)C(O)(O)C(=O)O.[Zn]. The van der Waals surface area contributed by atoms with Crippen LogP contribution in [0.2, 0.25) is 0 Å². The quantitative estimate of drug-likeness (QED) is 0.275. The average Bonchev–Trinajstić information content (AvgIpc) is 1.85. The van der Waals surface area contributed by atoms with Gasteiger partial charge in [0.2, 0.25) is 0 Å². The van der Waals surface area contributed by atoms with Crippen LogP contribution in [0.25, 0.3) is 0 Å². The van der Waals surface area contributed by atoms with E-state index in [9.17, 15) is 9.59 Å². The molecule has 72 valence electrons. The Labute approximate surface area is 85.4 Å². The van der Waals surface area contributed by atoms with Crippen molar-refractivity contribution < 1.29 is 54.6 Å². The predicted molar refractivity (Wildman–Crippen MR) is 33.1 cm³/mol. The molecule has 0 radical (unpaired) electrons. The molecule has 5 N–H and O–H groups in total. The van der Waals surface area contributed by atoms with Crippen LogP contribution in [0.4, 0.5) is 0 Å². The van der Waals surface area contributed by atoms with Gasteiger partial charge in [-0.2, -0.15) is 0 Å². The summed E-state index contributed by atoms with van der Waals surface area (Å²) in [5.41, 5.74) is 0. The molecule has 0 saturated heterocycles. The summed E-state index contributed by atoms with van der Waals surface area (Å²) in [5, 5.41) is 41.9. The van der Waals surface area contributed by atoms with Gasteiger partial charge in [0.15, 0.2) is 0 Å². The zero-order valence-electron chi connectivity index (χ0n) is 6.54. The topological polar surface area (TPSA) is 135 Å². The van der Waals surface area contributed by atoms with E-state index in [1.807, 2.05) is 0 Å². The summed E-state index contributed by atoms with van der Waals surface area (Å²) in [4.78, 5) is 19.9. The maximum Gasteiger partial charge on any atom is 0.366 e. The van der Waals surface area contributed by atoms with Gasteiger partial charge < -0.3 is 25.5 Å². The largest absolute Gasteiger partial charge is 0.481 e. The molecular formula is C5H8O7Zn. The third-order valence-corrected chi connectivity index (χ3v) is 1.15. The third kappa shape index (κ3) is 4.28. The van der Waals surface area contributed by atoms with Crippen molar-refractivity contribution >= 4 is 11.9 Å². The Bertz CT molecular complexity index is 201. The number of carboxylic acids is 2. The van der Waals surface area contributed by atoms with Gasteiger partial charge in [0.05, 0.1) is 6.42 Å². The van der Waals surface area contributed by atoms with Crippen LogP contribution in [0.3, 0.4) is 0 Å². The second-order valence-electron chi connectivity index (χ2n) is 2.14. The molecule has 0 saturated carbocycles. The molecule has 7 nitrogen and oxygen atoms in total. The summed E-state index contributed by atoms with van der Waals surface area (Å²) in [6.07, 6.45) is -3.31. The van der Waals surface area contributed by atoms with Gasteiger partial charge in [-0.05, 0) is 0 Å². The zero-order chi connectivity index (χ0) is 9.94. The number of hydrogen-bond acceptors (Lipinski definition) is 5. The minimum atomic E-state index is -3.42. The molecule has 0 fully saturated rings. The minimum absolute atomic E-state index is 0. The molecule has 0 aromatic heterocycles. The number of carbonyl (C=O) groups is 2. The Hall–Kier alpha value is -0.557. The van der Waals surface area contributed by atoms with Crippen molar-refractivity contribution in [3.63, 3.8) is 0 Å². The van der Waals surface area contributed by atoms with Gasteiger partial charge in [-0.25, -0.2) is 4.79 Å². The second-order valence-corrected chi connectivity index (χ2v) is 2.14. The van der Waals surface area contributed by atoms with Crippen LogP contribution in [-0.4, -0.2) is 49.4 Å². The molecule has 1 unspecified atom stereocenters. The van der Waals surface area contributed by atoms with Gasteiger partial charge in [0.25, 0.3) is 5.79 Å². The Balaban J connectivity index is 0. The Morgan fingerprint density at radius 2 is 1.62 bits per heavy atom. The Morgan fingerprint density at radius 1 is 1.23 bits per heavy atom. The molecule has 13 heavy (non-hydrogen) atoms. The first-order valence-electron chi connectivity index (χ1n) is 2.86. The van der Waals surface area contributed by atoms with Gasteiger partial charge in [0.1, 0.15) is 6.10 Å². The van der Waals surface area contributed by atoms with Gasteiger partial charge in [-0.3, -0.25) is 4.79 Å². The number of aliphatic hydroxyl groups is 3. The van der Waals surface area contributed by atoms with Gasteiger partial charge in [-0.15, -0.1) is 0 Å². The fourth-order valence-electron chi connectivity index (χ4n) is 0.450. The van der Waals surface area contributed by atoms with Crippen LogP contribution in [0.1, 0.15) is 6.42 Å². The monoisotopic (exact) mass is 244 g/mol. The van der Waals surface area contributed by atoms with Crippen molar-refractivity contribution in [2.45, 2.75) is 18.3 Å². The molecular weight excluding hydrogens is 237 g/mol. The first-order chi connectivity index (χ1) is 5.28. The molecule has 0 aliphatic carbocycles. The minimum Gasteiger partial charge on any atom is -0.481 e. The van der Waals surface area contributed by atoms with Crippen LogP contribution in [0, 0.1) is 0 Å². The van der Waals surface area contributed by atoms with Crippen LogP contribution >= 0.6 is 0 Å². The third-order valence-electron chi connectivity index (χ3n) is 1.15. The smallest absolute Gasteiger partial charge is 0.366 e. The van der Waals surface area contributed by atoms with E-state index < -0.39 is 30.3 Å². The summed E-state index contributed by atoms with van der Waals surface area (Å²) >= 11 is 0. The van der Waals surface area contributed by atoms with E-state index in [0.29, 0.717) is 0 Å². The molecule has 0 amide bonds. The van der Waals surface area contributed by atoms with Crippen LogP contribution < -0.4 is 0 Å². The maximum atomic E-state index is 9.99. The molecule has 1 atom stereocenters. The summed E-state index contributed by atoms with van der Waals surface area (Å²) < 4.78 is 0. The van der Waals surface area contributed by atoms with Crippen molar-refractivity contribution in [3.8, 4) is 0 Å². The van der Waals surface area contributed by atoms with Gasteiger partial charge in [-0.1, -0.05) is 0 Å². The number of hydrogen-bond donors (Lipinski definition) is 5. The molecule has 8 heteroatoms. The zero-order valence-corrected chi connectivity index (χ0v) is 9.51. The number of aliphatic carboxylic acids is 2. The fourth-order valence-corrected chi connectivity index (χ4v) is 0.450. The molecule has 0 aromatic rings. The van der Waals surface area contributed by atoms with Crippen LogP contribution in [0.15, 0.2) is 0 Å². The normalized spacial score (nSPS) is 12.8. The summed E-state index contributed by atoms with van der Waals surface area (Å²) in [6.45, 7) is 0. The molecule has 0 aliphatic rings. The summed E-state index contributed by atoms with van der Waals surface area (Å²) in [5.74, 6) is -7.05. The van der Waals surface area contributed by atoms with Crippen molar-refractivity contribution in [2.24, 2.45) is 0 Å². The van der Waals surface area contributed by atoms with Crippen molar-refractivity contribution in [2.75, 3.05) is 0 Å². The molecule has 0 rings (SSSR count). The maximum absolute atomic E-state index is 9.99. The first kappa shape index (κ1) is 14.9. The van der Waals surface area contributed by atoms with Gasteiger partial charge >= 0.3 is 11.9 Å². The number of carboxylic acid groups (broad SMARTS) is 2. The molecule has 0 aliphatic heterocycles. The van der Waals surface area contributed by atoms with E-state index in [2.05, 4.69) is 0 Å². The fraction of sp³-hybridized carbons (Fsp3) is 0.600. The molecule has 0 heterocycles. The second kappa shape index (κ2) is 5.23. The van der Waals surface area contributed by atoms with Crippen molar-refractivity contribution in [3.05, 3.63) is 0 Å². The van der Waals surface area contributed by atoms with Crippen LogP contribution in [0.5, 0.6) is 0 Å². The van der Waals surface area contributed by atoms with E-state index in [1.165, 1.54) is 0 Å². The van der Waals surface area contributed by atoms with Crippen LogP contribution in [-0.2, 0) is 29.1 Å². The first-order valence-corrected chi connectivity index (χ1v) is 2.86. The predicted octanol–water partition coefficient (Wildman–Crippen LogP) is -2.41. The van der Waals surface area contributed by atoms with E-state index in [4.69, 9.17) is 25.5 Å². The Morgan fingerprint density at radius 3 is 1.85 bits per heavy atom. The summed E-state index contributed by atoms with van der Waals surface area (Å²) in [6, 6.07) is 0. The number of aliphatic hydroxyl groups excluding tert-OH is 1. The standard InChI is InChI=1S/C5H8O7.Zn/c6-2(1-3(7)8)5(11,12)4(9)10;/h2,6,11-12H,1H2,(H,7,8)(H,9,10);. The van der Waals surface area contributed by atoms with E-state index in [1.54, 1.807) is 0 Å². The molecule has 0 bridgehead atoms. The van der Waals surface area contributed by atoms with Crippen molar-refractivity contribution in [1.29, 1.82) is 0 Å². The Kier molecular flexibility index (Phi) is 6.01. The molecule has 0 aromatic carbocycles. The van der Waals surface area contributed by atoms with E-state index in [0.717, 1.165) is 0 Å².